The summed E-state index contributed by atoms with van der Waals surface area (Å²) in [7, 11) is 0. The molecule has 0 aliphatic heterocycles. The van der Waals surface area contributed by atoms with Gasteiger partial charge in [-0.25, -0.2) is 0 Å². The third-order valence-electron chi connectivity index (χ3n) is 4.28. The summed E-state index contributed by atoms with van der Waals surface area (Å²) in [5, 5.41) is 2.48. The molecule has 3 rings (SSSR count). The van der Waals surface area contributed by atoms with Crippen LogP contribution in [-0.2, 0) is 0 Å². The number of hydrazine groups is 1. The van der Waals surface area contributed by atoms with E-state index >= 15 is 0 Å². The third kappa shape index (κ3) is 6.82. The van der Waals surface area contributed by atoms with Crippen molar-refractivity contribution in [3.8, 4) is 11.5 Å². The smallest absolute Gasteiger partial charge is 0.269 e. The standard InChI is InChI=1S/C24H23N3O4S/c1-17-8-7-9-18(16-17)22(28)26-27-24(32)25-23(29)20-12-5-6-13-21(20)31-15-14-30-19-10-3-2-4-11-19/h2-13,16H,14-15H2,1H3,(H,26,28)(H2,25,27,29,32). The maximum atomic E-state index is 12.6. The molecule has 8 heteroatoms. The van der Waals surface area contributed by atoms with Crippen LogP contribution in [0, 0.1) is 6.92 Å². The summed E-state index contributed by atoms with van der Waals surface area (Å²) in [5.41, 5.74) is 6.73. The lowest BCUT2D eigenvalue weighted by atomic mass is 10.1. The Hall–Kier alpha value is -3.91. The lowest BCUT2D eigenvalue weighted by Crippen LogP contribution is -2.48. The molecule has 164 valence electrons. The van der Waals surface area contributed by atoms with E-state index in [0.717, 1.165) is 11.3 Å². The monoisotopic (exact) mass is 449 g/mol. The van der Waals surface area contributed by atoms with Gasteiger partial charge in [-0.15, -0.1) is 0 Å². The minimum absolute atomic E-state index is 0.0433. The number of amides is 2. The highest BCUT2D eigenvalue weighted by Gasteiger charge is 2.14. The van der Waals surface area contributed by atoms with Crippen LogP contribution in [0.3, 0.4) is 0 Å². The van der Waals surface area contributed by atoms with Gasteiger partial charge in [-0.05, 0) is 55.5 Å². The number of aryl methyl sites for hydroxylation is 1. The van der Waals surface area contributed by atoms with Gasteiger partial charge in [-0.2, -0.15) is 0 Å². The highest BCUT2D eigenvalue weighted by molar-refractivity contribution is 7.80. The maximum absolute atomic E-state index is 12.6. The van der Waals surface area contributed by atoms with E-state index in [0.29, 0.717) is 23.5 Å². The van der Waals surface area contributed by atoms with Crippen molar-refractivity contribution < 1.29 is 19.1 Å². The molecule has 0 saturated carbocycles. The van der Waals surface area contributed by atoms with Crippen molar-refractivity contribution in [2.24, 2.45) is 0 Å². The van der Waals surface area contributed by atoms with Crippen molar-refractivity contribution >= 4 is 29.1 Å². The molecule has 0 aromatic heterocycles. The van der Waals surface area contributed by atoms with E-state index < -0.39 is 5.91 Å². The van der Waals surface area contributed by atoms with Gasteiger partial charge in [0, 0.05) is 5.56 Å². The number of hydrogen-bond acceptors (Lipinski definition) is 5. The van der Waals surface area contributed by atoms with Crippen LogP contribution in [0.5, 0.6) is 11.5 Å². The lowest BCUT2D eigenvalue weighted by molar-refractivity contribution is 0.0933. The molecular formula is C24H23N3O4S. The predicted octanol–water partition coefficient (Wildman–Crippen LogP) is 3.40. The van der Waals surface area contributed by atoms with Gasteiger partial charge < -0.3 is 9.47 Å². The minimum Gasteiger partial charge on any atom is -0.490 e. The first kappa shape index (κ1) is 22.8. The molecule has 0 aliphatic rings. The van der Waals surface area contributed by atoms with Gasteiger partial charge in [0.15, 0.2) is 5.11 Å². The van der Waals surface area contributed by atoms with Crippen molar-refractivity contribution in [3.05, 3.63) is 95.6 Å². The predicted molar refractivity (Wildman–Crippen MR) is 126 cm³/mol. The Kier molecular flexibility index (Phi) is 8.16. The zero-order chi connectivity index (χ0) is 22.8. The highest BCUT2D eigenvalue weighted by atomic mass is 32.1. The van der Waals surface area contributed by atoms with Gasteiger partial charge in [0.1, 0.15) is 24.7 Å². The molecule has 3 aromatic carbocycles. The van der Waals surface area contributed by atoms with E-state index in [2.05, 4.69) is 16.2 Å². The number of carbonyl (C=O) groups is 2. The molecule has 3 aromatic rings. The summed E-state index contributed by atoms with van der Waals surface area (Å²) in [4.78, 5) is 24.8. The molecule has 0 fully saturated rings. The highest BCUT2D eigenvalue weighted by Crippen LogP contribution is 2.18. The summed E-state index contributed by atoms with van der Waals surface area (Å²) in [5.74, 6) is 0.304. The normalized spacial score (nSPS) is 10.0. The average molecular weight is 450 g/mol. The summed E-state index contributed by atoms with van der Waals surface area (Å²) >= 11 is 5.11. The fourth-order valence-corrected chi connectivity index (χ4v) is 2.93. The van der Waals surface area contributed by atoms with Gasteiger partial charge in [0.25, 0.3) is 11.8 Å². The Morgan fingerprint density at radius 3 is 2.31 bits per heavy atom. The SMILES string of the molecule is Cc1cccc(C(=O)NNC(=S)NC(=O)c2ccccc2OCCOc2ccccc2)c1. The van der Waals surface area contributed by atoms with Gasteiger partial charge in [0.2, 0.25) is 0 Å². The van der Waals surface area contributed by atoms with Crippen LogP contribution < -0.4 is 25.6 Å². The molecule has 2 amide bonds. The summed E-state index contributed by atoms with van der Waals surface area (Å²) in [6, 6.07) is 23.3. The van der Waals surface area contributed by atoms with Crippen LogP contribution in [0.2, 0.25) is 0 Å². The van der Waals surface area contributed by atoms with Crippen molar-refractivity contribution in [1.82, 2.24) is 16.2 Å². The first-order valence-corrected chi connectivity index (χ1v) is 10.3. The number of benzene rings is 3. The molecule has 0 bridgehead atoms. The number of thiocarbonyl (C=S) groups is 1. The first-order valence-electron chi connectivity index (χ1n) is 9.91. The second-order valence-electron chi connectivity index (χ2n) is 6.74. The molecule has 3 N–H and O–H groups in total. The second-order valence-corrected chi connectivity index (χ2v) is 7.15. The van der Waals surface area contributed by atoms with E-state index in [-0.39, 0.29) is 17.6 Å². The molecule has 0 atom stereocenters. The Morgan fingerprint density at radius 2 is 1.53 bits per heavy atom. The van der Waals surface area contributed by atoms with Crippen LogP contribution in [0.25, 0.3) is 0 Å². The minimum atomic E-state index is -0.466. The number of ether oxygens (including phenoxy) is 2. The first-order chi connectivity index (χ1) is 15.5. The Balaban J connectivity index is 1.49. The van der Waals surface area contributed by atoms with Gasteiger partial charge in [-0.1, -0.05) is 48.0 Å². The lowest BCUT2D eigenvalue weighted by Gasteiger charge is -2.14. The topological polar surface area (TPSA) is 88.7 Å². The Bertz CT molecular complexity index is 1090. The van der Waals surface area contributed by atoms with Gasteiger partial charge >= 0.3 is 0 Å². The molecule has 0 spiro atoms. The quantitative estimate of drug-likeness (QED) is 0.291. The molecule has 0 radical (unpaired) electrons. The molecule has 0 saturated heterocycles. The molecule has 0 aliphatic carbocycles. The molecule has 0 heterocycles. The number of nitrogens with one attached hydrogen (secondary N) is 3. The largest absolute Gasteiger partial charge is 0.490 e. The summed E-state index contributed by atoms with van der Waals surface area (Å²) in [6.45, 7) is 2.47. The Labute approximate surface area is 191 Å². The maximum Gasteiger partial charge on any atom is 0.269 e. The zero-order valence-corrected chi connectivity index (χ0v) is 18.3. The van der Waals surface area contributed by atoms with Crippen molar-refractivity contribution in [2.75, 3.05) is 13.2 Å². The number of rotatable bonds is 7. The van der Waals surface area contributed by atoms with Gasteiger partial charge in [0.05, 0.1) is 5.56 Å². The van der Waals surface area contributed by atoms with Crippen LogP contribution in [0.1, 0.15) is 26.3 Å². The van der Waals surface area contributed by atoms with Gasteiger partial charge in [-0.3, -0.25) is 25.8 Å². The van der Waals surface area contributed by atoms with Crippen LogP contribution in [0.4, 0.5) is 0 Å². The summed E-state index contributed by atoms with van der Waals surface area (Å²) in [6.07, 6.45) is 0. The fraction of sp³-hybridized carbons (Fsp3) is 0.125. The number of hydrogen-bond donors (Lipinski definition) is 3. The average Bonchev–Trinajstić information content (AvgIpc) is 2.81. The van der Waals surface area contributed by atoms with E-state index in [1.165, 1.54) is 0 Å². The van der Waals surface area contributed by atoms with E-state index in [9.17, 15) is 9.59 Å². The number of para-hydroxylation sites is 2. The van der Waals surface area contributed by atoms with E-state index in [4.69, 9.17) is 21.7 Å². The zero-order valence-electron chi connectivity index (χ0n) is 17.5. The fourth-order valence-electron chi connectivity index (χ4n) is 2.78. The molecular weight excluding hydrogens is 426 g/mol. The van der Waals surface area contributed by atoms with Crippen molar-refractivity contribution in [1.29, 1.82) is 0 Å². The van der Waals surface area contributed by atoms with E-state index in [1.54, 1.807) is 42.5 Å². The molecule has 0 unspecified atom stereocenters. The second kappa shape index (κ2) is 11.5. The van der Waals surface area contributed by atoms with E-state index in [1.807, 2.05) is 43.3 Å². The third-order valence-corrected chi connectivity index (χ3v) is 4.49. The van der Waals surface area contributed by atoms with Crippen LogP contribution >= 0.6 is 12.2 Å². The van der Waals surface area contributed by atoms with Crippen LogP contribution in [-0.4, -0.2) is 30.1 Å². The Morgan fingerprint density at radius 1 is 0.812 bits per heavy atom. The van der Waals surface area contributed by atoms with Crippen LogP contribution in [0.15, 0.2) is 78.9 Å². The molecule has 32 heavy (non-hydrogen) atoms. The number of carbonyl (C=O) groups excluding carboxylic acids is 2. The van der Waals surface area contributed by atoms with Crippen molar-refractivity contribution in [3.63, 3.8) is 0 Å². The summed E-state index contributed by atoms with van der Waals surface area (Å²) < 4.78 is 11.3. The molecule has 7 nitrogen and oxygen atoms in total. The van der Waals surface area contributed by atoms with Crippen molar-refractivity contribution in [2.45, 2.75) is 6.92 Å².